The maximum Gasteiger partial charge on any atom is 0.341 e. The highest BCUT2D eigenvalue weighted by Gasteiger charge is 2.35. The molecule has 1 aliphatic heterocycles. The van der Waals surface area contributed by atoms with E-state index >= 15 is 0 Å². The van der Waals surface area contributed by atoms with Crippen molar-refractivity contribution in [2.45, 2.75) is 0 Å². The fourth-order valence-electron chi connectivity index (χ4n) is 2.44. The molecule has 2 aromatic rings. The van der Waals surface area contributed by atoms with Crippen LogP contribution < -0.4 is 5.32 Å². The zero-order valence-corrected chi connectivity index (χ0v) is 12.4. The molecule has 1 heterocycles. The number of imide groups is 1. The molecular formula is C17H14N2O4. The second-order valence-electron chi connectivity index (χ2n) is 4.94. The highest BCUT2D eigenvalue weighted by molar-refractivity contribution is 6.21. The lowest BCUT2D eigenvalue weighted by Gasteiger charge is -2.15. The first kappa shape index (κ1) is 14.8. The van der Waals surface area contributed by atoms with Crippen molar-refractivity contribution < 1.29 is 19.1 Å². The average Bonchev–Trinajstić information content (AvgIpc) is 2.84. The van der Waals surface area contributed by atoms with Crippen molar-refractivity contribution in [2.24, 2.45) is 0 Å². The fourth-order valence-corrected chi connectivity index (χ4v) is 2.44. The lowest BCUT2D eigenvalue weighted by Crippen LogP contribution is -2.33. The van der Waals surface area contributed by atoms with Gasteiger partial charge in [-0.2, -0.15) is 0 Å². The topological polar surface area (TPSA) is 75.7 Å². The van der Waals surface area contributed by atoms with Crippen LogP contribution in [-0.4, -0.2) is 36.5 Å². The molecule has 3 rings (SSSR count). The van der Waals surface area contributed by atoms with Crippen molar-refractivity contribution in [3.63, 3.8) is 0 Å². The van der Waals surface area contributed by atoms with Gasteiger partial charge < -0.3 is 10.1 Å². The molecule has 6 nitrogen and oxygen atoms in total. The minimum Gasteiger partial charge on any atom is -0.440 e. The Bertz CT molecular complexity index is 766. The van der Waals surface area contributed by atoms with E-state index < -0.39 is 24.5 Å². The van der Waals surface area contributed by atoms with Gasteiger partial charge in [-0.25, -0.2) is 9.69 Å². The predicted octanol–water partition coefficient (Wildman–Crippen LogP) is 2.14. The van der Waals surface area contributed by atoms with Crippen molar-refractivity contribution in [1.29, 1.82) is 0 Å². The Morgan fingerprint density at radius 3 is 2.17 bits per heavy atom. The number of nitrogens with zero attached hydrogens (tertiary/aromatic N) is 1. The lowest BCUT2D eigenvalue weighted by molar-refractivity contribution is 0.0229. The number of carbonyl (C=O) groups is 3. The summed E-state index contributed by atoms with van der Waals surface area (Å²) in [5.41, 5.74) is 1.60. The van der Waals surface area contributed by atoms with E-state index in [4.69, 9.17) is 4.74 Å². The van der Waals surface area contributed by atoms with Crippen molar-refractivity contribution in [3.05, 3.63) is 65.2 Å². The summed E-state index contributed by atoms with van der Waals surface area (Å²) in [7, 11) is 1.69. The third-order valence-electron chi connectivity index (χ3n) is 3.62. The molecule has 6 heteroatoms. The van der Waals surface area contributed by atoms with Crippen molar-refractivity contribution in [1.82, 2.24) is 4.90 Å². The van der Waals surface area contributed by atoms with Crippen LogP contribution in [0.4, 0.5) is 5.69 Å². The molecule has 2 aromatic carbocycles. The largest absolute Gasteiger partial charge is 0.440 e. The maximum atomic E-state index is 12.2. The monoisotopic (exact) mass is 310 g/mol. The van der Waals surface area contributed by atoms with Crippen LogP contribution in [0.5, 0.6) is 0 Å². The first-order valence-corrected chi connectivity index (χ1v) is 7.02. The lowest BCUT2D eigenvalue weighted by atomic mass is 10.1. The number of carbonyl (C=O) groups excluding carboxylic acids is 3. The van der Waals surface area contributed by atoms with Gasteiger partial charge in [-0.05, 0) is 24.3 Å². The molecule has 0 spiro atoms. The number of hydrogen-bond donors (Lipinski definition) is 1. The van der Waals surface area contributed by atoms with Crippen LogP contribution in [0, 0.1) is 0 Å². The number of fused-ring (bicyclic) bond motifs is 1. The van der Waals surface area contributed by atoms with Crippen molar-refractivity contribution >= 4 is 23.5 Å². The highest BCUT2D eigenvalue weighted by atomic mass is 16.5. The van der Waals surface area contributed by atoms with Gasteiger partial charge in [0.1, 0.15) is 0 Å². The van der Waals surface area contributed by atoms with E-state index in [-0.39, 0.29) is 0 Å². The van der Waals surface area contributed by atoms with Crippen LogP contribution in [0.2, 0.25) is 0 Å². The molecular weight excluding hydrogens is 296 g/mol. The van der Waals surface area contributed by atoms with E-state index in [2.05, 4.69) is 5.32 Å². The van der Waals surface area contributed by atoms with Crippen LogP contribution in [0.15, 0.2) is 48.5 Å². The molecule has 1 aliphatic rings. The Balaban J connectivity index is 1.73. The summed E-state index contributed by atoms with van der Waals surface area (Å²) in [4.78, 5) is 37.4. The summed E-state index contributed by atoms with van der Waals surface area (Å²) in [6.45, 7) is -0.413. The number of amides is 2. The van der Waals surface area contributed by atoms with E-state index in [0.29, 0.717) is 22.4 Å². The summed E-state index contributed by atoms with van der Waals surface area (Å²) in [5.74, 6) is -1.52. The number of rotatable bonds is 4. The summed E-state index contributed by atoms with van der Waals surface area (Å²) in [6.07, 6.45) is 0. The van der Waals surface area contributed by atoms with Crippen LogP contribution in [0.25, 0.3) is 0 Å². The van der Waals surface area contributed by atoms with Crippen molar-refractivity contribution in [2.75, 3.05) is 19.1 Å². The standard InChI is InChI=1S/C17H14N2O4/c1-18-14-9-5-4-8-13(14)17(22)23-10-19-15(20)11-6-2-3-7-12(11)16(19)21/h2-9,18H,10H2,1H3. The van der Waals surface area contributed by atoms with E-state index in [9.17, 15) is 14.4 Å². The van der Waals surface area contributed by atoms with E-state index in [1.54, 1.807) is 55.6 Å². The van der Waals surface area contributed by atoms with Crippen LogP contribution >= 0.6 is 0 Å². The van der Waals surface area contributed by atoms with Gasteiger partial charge in [-0.15, -0.1) is 0 Å². The van der Waals surface area contributed by atoms with Crippen LogP contribution in [0.1, 0.15) is 31.1 Å². The maximum absolute atomic E-state index is 12.2. The molecule has 0 aliphatic carbocycles. The third kappa shape index (κ3) is 2.55. The fraction of sp³-hybridized carbons (Fsp3) is 0.118. The first-order valence-electron chi connectivity index (χ1n) is 7.02. The van der Waals surface area contributed by atoms with Gasteiger partial charge in [0.25, 0.3) is 11.8 Å². The zero-order chi connectivity index (χ0) is 16.4. The minimum absolute atomic E-state index is 0.323. The van der Waals surface area contributed by atoms with Gasteiger partial charge in [0.15, 0.2) is 6.73 Å². The molecule has 0 fully saturated rings. The molecule has 0 bridgehead atoms. The van der Waals surface area contributed by atoms with Crippen LogP contribution in [-0.2, 0) is 4.74 Å². The van der Waals surface area contributed by atoms with Gasteiger partial charge in [-0.3, -0.25) is 9.59 Å². The summed E-state index contributed by atoms with van der Waals surface area (Å²) in [5, 5.41) is 2.89. The number of para-hydroxylation sites is 1. The molecule has 116 valence electrons. The Morgan fingerprint density at radius 2 is 1.57 bits per heavy atom. The van der Waals surface area contributed by atoms with Gasteiger partial charge in [-0.1, -0.05) is 24.3 Å². The van der Waals surface area contributed by atoms with Gasteiger partial charge in [0.05, 0.1) is 16.7 Å². The minimum atomic E-state index is -0.605. The molecule has 0 saturated heterocycles. The number of hydrogen-bond acceptors (Lipinski definition) is 5. The molecule has 0 unspecified atom stereocenters. The normalized spacial score (nSPS) is 13.0. The SMILES string of the molecule is CNc1ccccc1C(=O)OCN1C(=O)c2ccccc2C1=O. The summed E-state index contributed by atoms with van der Waals surface area (Å²) >= 11 is 0. The van der Waals surface area contributed by atoms with Gasteiger partial charge >= 0.3 is 5.97 Å². The smallest absolute Gasteiger partial charge is 0.341 e. The Hall–Kier alpha value is -3.15. The third-order valence-corrected chi connectivity index (χ3v) is 3.62. The number of anilines is 1. The second-order valence-corrected chi connectivity index (χ2v) is 4.94. The molecule has 23 heavy (non-hydrogen) atoms. The Morgan fingerprint density at radius 1 is 1.00 bits per heavy atom. The first-order chi connectivity index (χ1) is 11.1. The molecule has 0 aromatic heterocycles. The van der Waals surface area contributed by atoms with Gasteiger partial charge in [0.2, 0.25) is 0 Å². The summed E-state index contributed by atoms with van der Waals surface area (Å²) in [6, 6.07) is 13.4. The van der Waals surface area contributed by atoms with E-state index in [0.717, 1.165) is 4.90 Å². The Labute approximate surface area is 132 Å². The quantitative estimate of drug-likeness (QED) is 0.691. The van der Waals surface area contributed by atoms with E-state index in [1.807, 2.05) is 0 Å². The molecule has 2 amide bonds. The zero-order valence-electron chi connectivity index (χ0n) is 12.4. The van der Waals surface area contributed by atoms with E-state index in [1.165, 1.54) is 0 Å². The van der Waals surface area contributed by atoms with Gasteiger partial charge in [0, 0.05) is 12.7 Å². The number of benzene rings is 2. The van der Waals surface area contributed by atoms with Crippen molar-refractivity contribution in [3.8, 4) is 0 Å². The molecule has 1 N–H and O–H groups in total. The Kier molecular flexibility index (Phi) is 3.80. The average molecular weight is 310 g/mol. The molecule has 0 radical (unpaired) electrons. The molecule has 0 saturated carbocycles. The molecule has 0 atom stereocenters. The second kappa shape index (κ2) is 5.92. The number of esters is 1. The van der Waals surface area contributed by atoms with Crippen LogP contribution in [0.3, 0.4) is 0 Å². The number of nitrogens with one attached hydrogen (secondary N) is 1. The number of ether oxygens (including phenoxy) is 1. The highest BCUT2D eigenvalue weighted by Crippen LogP contribution is 2.22. The summed E-state index contributed by atoms with van der Waals surface area (Å²) < 4.78 is 5.13. The predicted molar refractivity (Wildman–Crippen MR) is 83.2 cm³/mol.